The summed E-state index contributed by atoms with van der Waals surface area (Å²) in [6.45, 7) is 1.98. The third-order valence-electron chi connectivity index (χ3n) is 4.98. The lowest BCUT2D eigenvalue weighted by Gasteiger charge is -2.28. The average Bonchev–Trinajstić information content (AvgIpc) is 2.74. The number of pyridine rings is 1. The molecule has 0 fully saturated rings. The maximum absolute atomic E-state index is 12.6. The topological polar surface area (TPSA) is 80.3 Å². The van der Waals surface area contributed by atoms with Crippen molar-refractivity contribution in [1.29, 1.82) is 0 Å². The van der Waals surface area contributed by atoms with Crippen LogP contribution in [0.1, 0.15) is 16.8 Å². The van der Waals surface area contributed by atoms with Gasteiger partial charge in [-0.3, -0.25) is 9.69 Å². The van der Waals surface area contributed by atoms with Crippen molar-refractivity contribution < 1.29 is 9.47 Å². The van der Waals surface area contributed by atoms with Crippen LogP contribution in [0.5, 0.6) is 11.8 Å². The number of aromatic nitrogens is 3. The highest BCUT2D eigenvalue weighted by Gasteiger charge is 2.22. The summed E-state index contributed by atoms with van der Waals surface area (Å²) >= 11 is 5.96. The molecule has 0 amide bonds. The minimum Gasteiger partial charge on any atom is -0.481 e. The first-order chi connectivity index (χ1) is 14.1. The first kappa shape index (κ1) is 19.4. The third-order valence-corrected chi connectivity index (χ3v) is 5.23. The van der Waals surface area contributed by atoms with Crippen molar-refractivity contribution in [1.82, 2.24) is 19.9 Å². The number of fused-ring (bicyclic) bond motifs is 1. The fraction of sp³-hybridized carbons (Fsp3) is 0.286. The Kier molecular flexibility index (Phi) is 5.51. The Morgan fingerprint density at radius 2 is 1.90 bits per heavy atom. The lowest BCUT2D eigenvalue weighted by molar-refractivity contribution is 0.235. The molecule has 0 aliphatic carbocycles. The average molecular weight is 413 g/mol. The van der Waals surface area contributed by atoms with Gasteiger partial charge >= 0.3 is 0 Å². The zero-order valence-corrected chi connectivity index (χ0v) is 17.0. The van der Waals surface area contributed by atoms with Crippen molar-refractivity contribution >= 4 is 11.6 Å². The lowest BCUT2D eigenvalue weighted by Crippen LogP contribution is -2.35. The number of halogens is 1. The fourth-order valence-corrected chi connectivity index (χ4v) is 3.60. The molecular formula is C21H21ClN4O3. The maximum Gasteiger partial charge on any atom is 0.254 e. The van der Waals surface area contributed by atoms with E-state index in [1.807, 2.05) is 24.3 Å². The minimum absolute atomic E-state index is 0.0803. The van der Waals surface area contributed by atoms with Crippen LogP contribution in [-0.2, 0) is 19.5 Å². The van der Waals surface area contributed by atoms with E-state index in [0.29, 0.717) is 42.1 Å². The van der Waals surface area contributed by atoms with E-state index in [-0.39, 0.29) is 5.56 Å². The Hall–Kier alpha value is -2.90. The van der Waals surface area contributed by atoms with E-state index in [1.54, 1.807) is 26.4 Å². The van der Waals surface area contributed by atoms with Crippen LogP contribution >= 0.6 is 11.6 Å². The quantitative estimate of drug-likeness (QED) is 0.693. The van der Waals surface area contributed by atoms with Crippen LogP contribution in [-0.4, -0.2) is 40.6 Å². The standard InChI is InChI=1S/C21H21ClN4O3/c1-28-18-8-5-14(21(24-18)29-2)11-26-10-9-16-17(12-26)23-19(25-20(16)27)13-3-6-15(22)7-4-13/h3-8H,9-12H2,1-2H3,(H,23,25,27). The van der Waals surface area contributed by atoms with Crippen LogP contribution in [0.2, 0.25) is 5.02 Å². The summed E-state index contributed by atoms with van der Waals surface area (Å²) in [4.78, 5) is 26.8. The number of benzene rings is 1. The summed E-state index contributed by atoms with van der Waals surface area (Å²) in [5.41, 5.74) is 3.25. The Labute approximate surface area is 173 Å². The van der Waals surface area contributed by atoms with Gasteiger partial charge in [-0.1, -0.05) is 11.6 Å². The number of ether oxygens (including phenoxy) is 2. The molecule has 1 aliphatic heterocycles. The zero-order valence-electron chi connectivity index (χ0n) is 16.2. The van der Waals surface area contributed by atoms with Crippen molar-refractivity contribution in [2.75, 3.05) is 20.8 Å². The van der Waals surface area contributed by atoms with Crippen molar-refractivity contribution in [3.63, 3.8) is 0 Å². The highest BCUT2D eigenvalue weighted by Crippen LogP contribution is 2.25. The SMILES string of the molecule is COc1ccc(CN2CCc3c(nc(-c4ccc(Cl)cc4)[nH]c3=O)C2)c(OC)n1. The molecule has 1 N–H and O–H groups in total. The van der Waals surface area contributed by atoms with Crippen LogP contribution in [0, 0.1) is 0 Å². The van der Waals surface area contributed by atoms with Crippen molar-refractivity contribution in [3.8, 4) is 23.1 Å². The molecule has 150 valence electrons. The minimum atomic E-state index is -0.0803. The highest BCUT2D eigenvalue weighted by molar-refractivity contribution is 6.30. The summed E-state index contributed by atoms with van der Waals surface area (Å²) < 4.78 is 10.6. The van der Waals surface area contributed by atoms with E-state index in [9.17, 15) is 4.79 Å². The van der Waals surface area contributed by atoms with Gasteiger partial charge < -0.3 is 14.5 Å². The van der Waals surface area contributed by atoms with E-state index < -0.39 is 0 Å². The molecule has 1 aliphatic rings. The molecule has 2 aromatic heterocycles. The van der Waals surface area contributed by atoms with Crippen LogP contribution in [0.25, 0.3) is 11.4 Å². The highest BCUT2D eigenvalue weighted by atomic mass is 35.5. The van der Waals surface area contributed by atoms with Gasteiger partial charge in [0.2, 0.25) is 11.8 Å². The molecule has 7 nitrogen and oxygen atoms in total. The van der Waals surface area contributed by atoms with Gasteiger partial charge in [0.1, 0.15) is 5.82 Å². The third kappa shape index (κ3) is 4.11. The molecule has 29 heavy (non-hydrogen) atoms. The molecule has 0 saturated heterocycles. The maximum atomic E-state index is 12.6. The Balaban J connectivity index is 1.59. The molecule has 0 saturated carbocycles. The van der Waals surface area contributed by atoms with E-state index in [4.69, 9.17) is 26.1 Å². The zero-order chi connectivity index (χ0) is 20.4. The molecule has 0 unspecified atom stereocenters. The van der Waals surface area contributed by atoms with Gasteiger partial charge in [0.15, 0.2) is 0 Å². The van der Waals surface area contributed by atoms with Gasteiger partial charge in [-0.2, -0.15) is 4.98 Å². The van der Waals surface area contributed by atoms with E-state index in [1.165, 1.54) is 0 Å². The van der Waals surface area contributed by atoms with Crippen LogP contribution in [0.4, 0.5) is 0 Å². The van der Waals surface area contributed by atoms with Crippen LogP contribution in [0.15, 0.2) is 41.2 Å². The first-order valence-corrected chi connectivity index (χ1v) is 9.63. The molecule has 8 heteroatoms. The lowest BCUT2D eigenvalue weighted by atomic mass is 10.1. The summed E-state index contributed by atoms with van der Waals surface area (Å²) in [5, 5.41) is 0.641. The second kappa shape index (κ2) is 8.23. The molecule has 3 aromatic rings. The Morgan fingerprint density at radius 3 is 2.62 bits per heavy atom. The van der Waals surface area contributed by atoms with Crippen molar-refractivity contribution in [2.24, 2.45) is 0 Å². The number of hydrogen-bond acceptors (Lipinski definition) is 6. The molecule has 4 rings (SSSR count). The van der Waals surface area contributed by atoms with Gasteiger partial charge in [0, 0.05) is 47.4 Å². The molecule has 0 bridgehead atoms. The number of nitrogens with zero attached hydrogens (tertiary/aromatic N) is 3. The van der Waals surface area contributed by atoms with Gasteiger partial charge in [-0.15, -0.1) is 0 Å². The van der Waals surface area contributed by atoms with Crippen molar-refractivity contribution in [2.45, 2.75) is 19.5 Å². The van der Waals surface area contributed by atoms with Gasteiger partial charge in [-0.25, -0.2) is 4.98 Å². The number of nitrogens with one attached hydrogen (secondary N) is 1. The second-order valence-electron chi connectivity index (χ2n) is 6.83. The monoisotopic (exact) mass is 412 g/mol. The van der Waals surface area contributed by atoms with Gasteiger partial charge in [-0.05, 0) is 36.8 Å². The van der Waals surface area contributed by atoms with Crippen LogP contribution in [0.3, 0.4) is 0 Å². The summed E-state index contributed by atoms with van der Waals surface area (Å²) in [7, 11) is 3.17. The molecule has 0 atom stereocenters. The largest absolute Gasteiger partial charge is 0.481 e. The Morgan fingerprint density at radius 1 is 1.10 bits per heavy atom. The molecular weight excluding hydrogens is 392 g/mol. The smallest absolute Gasteiger partial charge is 0.254 e. The molecule has 0 radical (unpaired) electrons. The number of aromatic amines is 1. The number of methoxy groups -OCH3 is 2. The van der Waals surface area contributed by atoms with E-state index in [0.717, 1.165) is 28.9 Å². The predicted molar refractivity (Wildman–Crippen MR) is 110 cm³/mol. The molecule has 3 heterocycles. The van der Waals surface area contributed by atoms with E-state index in [2.05, 4.69) is 14.9 Å². The van der Waals surface area contributed by atoms with E-state index >= 15 is 0 Å². The van der Waals surface area contributed by atoms with Gasteiger partial charge in [0.25, 0.3) is 5.56 Å². The number of rotatable bonds is 5. The molecule has 0 spiro atoms. The Bertz CT molecular complexity index is 1080. The van der Waals surface area contributed by atoms with Gasteiger partial charge in [0.05, 0.1) is 19.9 Å². The van der Waals surface area contributed by atoms with Crippen molar-refractivity contribution in [3.05, 3.63) is 68.6 Å². The summed E-state index contributed by atoms with van der Waals surface area (Å²) in [5.74, 6) is 1.60. The molecule has 1 aromatic carbocycles. The first-order valence-electron chi connectivity index (χ1n) is 9.25. The fourth-order valence-electron chi connectivity index (χ4n) is 3.48. The second-order valence-corrected chi connectivity index (χ2v) is 7.27. The number of H-pyrrole nitrogens is 1. The normalized spacial score (nSPS) is 13.8. The van der Waals surface area contributed by atoms with Crippen LogP contribution < -0.4 is 15.0 Å². The number of hydrogen-bond donors (Lipinski definition) is 1. The summed E-state index contributed by atoms with van der Waals surface area (Å²) in [6, 6.07) is 11.0. The summed E-state index contributed by atoms with van der Waals surface area (Å²) in [6.07, 6.45) is 0.643. The predicted octanol–water partition coefficient (Wildman–Crippen LogP) is 3.06.